The van der Waals surface area contributed by atoms with Gasteiger partial charge < -0.3 is 9.84 Å². The van der Waals surface area contributed by atoms with Crippen LogP contribution in [-0.4, -0.2) is 23.9 Å². The van der Waals surface area contributed by atoms with Crippen molar-refractivity contribution in [3.8, 4) is 5.75 Å². The predicted octanol–water partition coefficient (Wildman–Crippen LogP) is 5.25. The van der Waals surface area contributed by atoms with E-state index in [1.54, 1.807) is 25.3 Å². The van der Waals surface area contributed by atoms with Gasteiger partial charge in [-0.25, -0.2) is 0 Å². The number of ketones is 1. The number of Topliss-reactive ketones (excluding diaryl/α,β-unsaturated/α-hetero) is 1. The minimum atomic E-state index is -0.735. The van der Waals surface area contributed by atoms with Crippen molar-refractivity contribution in [2.75, 3.05) is 12.0 Å². The predicted molar refractivity (Wildman–Crippen MR) is 125 cm³/mol. The summed E-state index contributed by atoms with van der Waals surface area (Å²) in [7, 11) is 1.58. The molecule has 162 valence electrons. The lowest BCUT2D eigenvalue weighted by Crippen LogP contribution is -2.29. The number of hydrogen-bond acceptors (Lipinski definition) is 4. The number of aliphatic hydroxyl groups excluding tert-OH is 1. The summed E-state index contributed by atoms with van der Waals surface area (Å²) in [5.41, 5.74) is 4.82. The van der Waals surface area contributed by atoms with Crippen molar-refractivity contribution >= 4 is 23.1 Å². The summed E-state index contributed by atoms with van der Waals surface area (Å²) in [4.78, 5) is 27.9. The Morgan fingerprint density at radius 1 is 0.875 bits per heavy atom. The van der Waals surface area contributed by atoms with E-state index < -0.39 is 17.7 Å². The van der Waals surface area contributed by atoms with Crippen LogP contribution in [-0.2, 0) is 9.59 Å². The molecule has 32 heavy (non-hydrogen) atoms. The van der Waals surface area contributed by atoms with E-state index in [-0.39, 0.29) is 11.3 Å². The number of hydrogen-bond donors (Lipinski definition) is 1. The molecular formula is C27H25NO4. The Kier molecular flexibility index (Phi) is 5.57. The van der Waals surface area contributed by atoms with Gasteiger partial charge in [0.25, 0.3) is 11.7 Å². The second-order valence-corrected chi connectivity index (χ2v) is 8.03. The number of aryl methyl sites for hydroxylation is 3. The molecule has 5 heteroatoms. The molecule has 3 aromatic carbocycles. The van der Waals surface area contributed by atoms with Gasteiger partial charge in [-0.1, -0.05) is 36.4 Å². The van der Waals surface area contributed by atoms with Crippen molar-refractivity contribution in [3.63, 3.8) is 0 Å². The van der Waals surface area contributed by atoms with Crippen molar-refractivity contribution in [2.24, 2.45) is 0 Å². The lowest BCUT2D eigenvalue weighted by molar-refractivity contribution is -0.132. The third kappa shape index (κ3) is 3.56. The van der Waals surface area contributed by atoms with Crippen LogP contribution in [0.3, 0.4) is 0 Å². The summed E-state index contributed by atoms with van der Waals surface area (Å²) in [6, 6.07) is 19.4. The molecule has 0 aliphatic carbocycles. The fourth-order valence-electron chi connectivity index (χ4n) is 4.11. The van der Waals surface area contributed by atoms with Crippen LogP contribution < -0.4 is 9.64 Å². The highest BCUT2D eigenvalue weighted by Crippen LogP contribution is 2.42. The molecular weight excluding hydrogens is 402 g/mol. The third-order valence-corrected chi connectivity index (χ3v) is 6.00. The molecule has 1 unspecified atom stereocenters. The van der Waals surface area contributed by atoms with Gasteiger partial charge in [0.05, 0.1) is 18.7 Å². The van der Waals surface area contributed by atoms with Crippen molar-refractivity contribution in [3.05, 3.63) is 100 Å². The molecule has 1 atom stereocenters. The van der Waals surface area contributed by atoms with Gasteiger partial charge in [-0.05, 0) is 73.4 Å². The first-order valence-electron chi connectivity index (χ1n) is 10.4. The Morgan fingerprint density at radius 2 is 1.59 bits per heavy atom. The molecule has 3 aromatic rings. The van der Waals surface area contributed by atoms with Crippen LogP contribution in [0.25, 0.3) is 5.76 Å². The summed E-state index contributed by atoms with van der Waals surface area (Å²) in [6.45, 7) is 5.82. The van der Waals surface area contributed by atoms with Crippen LogP contribution >= 0.6 is 0 Å². The number of carbonyl (C=O) groups excluding carboxylic acids is 2. The number of amides is 1. The van der Waals surface area contributed by atoms with Crippen molar-refractivity contribution in [1.29, 1.82) is 0 Å². The maximum absolute atomic E-state index is 13.2. The van der Waals surface area contributed by atoms with E-state index in [9.17, 15) is 14.7 Å². The number of rotatable bonds is 4. The fourth-order valence-corrected chi connectivity index (χ4v) is 4.11. The van der Waals surface area contributed by atoms with Crippen molar-refractivity contribution in [1.82, 2.24) is 0 Å². The second kappa shape index (κ2) is 8.35. The van der Waals surface area contributed by atoms with E-state index in [0.717, 1.165) is 22.3 Å². The van der Waals surface area contributed by atoms with Gasteiger partial charge in [0, 0.05) is 11.3 Å². The van der Waals surface area contributed by atoms with E-state index in [1.807, 2.05) is 69.3 Å². The Balaban J connectivity index is 1.94. The van der Waals surface area contributed by atoms with Gasteiger partial charge in [-0.3, -0.25) is 14.5 Å². The Labute approximate surface area is 187 Å². The lowest BCUT2D eigenvalue weighted by atomic mass is 9.94. The van der Waals surface area contributed by atoms with Crippen LogP contribution in [0.2, 0.25) is 0 Å². The van der Waals surface area contributed by atoms with Crippen LogP contribution in [0, 0.1) is 20.8 Å². The molecule has 1 saturated heterocycles. The summed E-state index contributed by atoms with van der Waals surface area (Å²) in [5, 5.41) is 11.2. The number of aliphatic hydroxyl groups is 1. The van der Waals surface area contributed by atoms with E-state index in [2.05, 4.69) is 0 Å². The van der Waals surface area contributed by atoms with Crippen LogP contribution in [0.1, 0.15) is 33.9 Å². The molecule has 5 nitrogen and oxygen atoms in total. The molecule has 0 saturated carbocycles. The van der Waals surface area contributed by atoms with Crippen molar-refractivity contribution in [2.45, 2.75) is 26.8 Å². The van der Waals surface area contributed by atoms with E-state index in [1.165, 1.54) is 4.90 Å². The zero-order valence-electron chi connectivity index (χ0n) is 18.5. The van der Waals surface area contributed by atoms with Gasteiger partial charge in [-0.2, -0.15) is 0 Å². The van der Waals surface area contributed by atoms with Crippen LogP contribution in [0.5, 0.6) is 5.75 Å². The summed E-state index contributed by atoms with van der Waals surface area (Å²) in [6.07, 6.45) is 0. The number of nitrogens with zero attached hydrogens (tertiary/aromatic N) is 1. The molecule has 0 bridgehead atoms. The topological polar surface area (TPSA) is 66.8 Å². The monoisotopic (exact) mass is 427 g/mol. The quantitative estimate of drug-likeness (QED) is 0.351. The Bertz CT molecular complexity index is 1240. The second-order valence-electron chi connectivity index (χ2n) is 8.03. The molecule has 1 fully saturated rings. The highest BCUT2D eigenvalue weighted by atomic mass is 16.5. The first kappa shape index (κ1) is 21.4. The summed E-state index contributed by atoms with van der Waals surface area (Å²) in [5.74, 6) is -0.886. The zero-order valence-corrected chi connectivity index (χ0v) is 18.5. The smallest absolute Gasteiger partial charge is 0.300 e. The van der Waals surface area contributed by atoms with E-state index in [0.29, 0.717) is 17.0 Å². The molecule has 1 heterocycles. The number of methoxy groups -OCH3 is 1. The Morgan fingerprint density at radius 3 is 2.22 bits per heavy atom. The molecule has 0 aromatic heterocycles. The average Bonchev–Trinajstić information content (AvgIpc) is 3.06. The minimum absolute atomic E-state index is 0.0731. The molecule has 1 aliphatic heterocycles. The minimum Gasteiger partial charge on any atom is -0.507 e. The third-order valence-electron chi connectivity index (χ3n) is 6.00. The highest BCUT2D eigenvalue weighted by Gasteiger charge is 2.47. The average molecular weight is 428 g/mol. The first-order chi connectivity index (χ1) is 15.3. The molecule has 4 rings (SSSR count). The standard InChI is InChI=1S/C27H25NO4/c1-16-10-12-21(15-17(16)2)28-24(19-8-6-5-7-9-19)23(26(30)27(28)31)25(29)20-11-13-22(32-4)18(3)14-20/h5-15,24,29H,1-4H3/b25-23+. The highest BCUT2D eigenvalue weighted by molar-refractivity contribution is 6.51. The van der Waals surface area contributed by atoms with E-state index in [4.69, 9.17) is 4.74 Å². The molecule has 0 spiro atoms. The number of benzene rings is 3. The van der Waals surface area contributed by atoms with Gasteiger partial charge in [0.2, 0.25) is 0 Å². The first-order valence-corrected chi connectivity index (χ1v) is 10.4. The Hall–Kier alpha value is -3.86. The molecule has 1 amide bonds. The SMILES string of the molecule is COc1ccc(/C(O)=C2\C(=O)C(=O)N(c3ccc(C)c(C)c3)C2c2ccccc2)cc1C. The normalized spacial score (nSPS) is 17.6. The molecule has 0 radical (unpaired) electrons. The molecule has 1 N–H and O–H groups in total. The number of ether oxygens (including phenoxy) is 1. The maximum atomic E-state index is 13.2. The van der Waals surface area contributed by atoms with E-state index >= 15 is 0 Å². The van der Waals surface area contributed by atoms with Gasteiger partial charge in [0.15, 0.2) is 0 Å². The van der Waals surface area contributed by atoms with Crippen LogP contribution in [0.15, 0.2) is 72.3 Å². The number of anilines is 1. The van der Waals surface area contributed by atoms with Gasteiger partial charge in [0.1, 0.15) is 11.5 Å². The van der Waals surface area contributed by atoms with Gasteiger partial charge in [-0.15, -0.1) is 0 Å². The molecule has 1 aliphatic rings. The van der Waals surface area contributed by atoms with Crippen LogP contribution in [0.4, 0.5) is 5.69 Å². The summed E-state index contributed by atoms with van der Waals surface area (Å²) >= 11 is 0. The summed E-state index contributed by atoms with van der Waals surface area (Å²) < 4.78 is 5.30. The van der Waals surface area contributed by atoms with Gasteiger partial charge >= 0.3 is 0 Å². The zero-order chi connectivity index (χ0) is 23.0. The number of carbonyl (C=O) groups is 2. The maximum Gasteiger partial charge on any atom is 0.300 e. The van der Waals surface area contributed by atoms with Crippen molar-refractivity contribution < 1.29 is 19.4 Å². The largest absolute Gasteiger partial charge is 0.507 e. The fraction of sp³-hybridized carbons (Fsp3) is 0.185. The lowest BCUT2D eigenvalue weighted by Gasteiger charge is -2.26.